The van der Waals surface area contributed by atoms with Crippen molar-refractivity contribution < 1.29 is 14.4 Å². The Morgan fingerprint density at radius 1 is 1.24 bits per heavy atom. The van der Waals surface area contributed by atoms with E-state index >= 15 is 0 Å². The van der Waals surface area contributed by atoms with Crippen LogP contribution in [-0.4, -0.2) is 36.0 Å². The van der Waals surface area contributed by atoms with E-state index < -0.39 is 0 Å². The number of carbonyl (C=O) groups excluding carboxylic acids is 1. The van der Waals surface area contributed by atoms with Crippen molar-refractivity contribution in [3.63, 3.8) is 0 Å². The molecule has 6 heteroatoms. The van der Waals surface area contributed by atoms with E-state index in [1.165, 1.54) is 12.8 Å². The van der Waals surface area contributed by atoms with Crippen molar-refractivity contribution in [2.24, 2.45) is 0 Å². The molecule has 2 N–H and O–H groups in total. The van der Waals surface area contributed by atoms with Gasteiger partial charge in [-0.05, 0) is 53.4 Å². The predicted molar refractivity (Wildman–Crippen MR) is 86.9 cm³/mol. The average molecular weight is 318 g/mol. The van der Waals surface area contributed by atoms with Gasteiger partial charge in [-0.25, -0.2) is 0 Å². The Kier molecular flexibility index (Phi) is 7.47. The van der Waals surface area contributed by atoms with Crippen molar-refractivity contribution in [2.75, 3.05) is 13.7 Å². The van der Waals surface area contributed by atoms with Crippen LogP contribution < -0.4 is 10.2 Å². The topological polar surface area (TPSA) is 59.6 Å². The molecule has 124 valence electrons. The van der Waals surface area contributed by atoms with Crippen LogP contribution in [-0.2, 0) is 14.4 Å². The van der Waals surface area contributed by atoms with Gasteiger partial charge in [-0.1, -0.05) is 11.9 Å². The number of hydroxylamine groups is 1. The predicted octanol–water partition coefficient (Wildman–Crippen LogP) is 2.81. The Labute approximate surface area is 133 Å². The zero-order valence-corrected chi connectivity index (χ0v) is 14.8. The van der Waals surface area contributed by atoms with E-state index in [2.05, 4.69) is 24.0 Å². The first-order valence-corrected chi connectivity index (χ1v) is 8.55. The maximum absolute atomic E-state index is 11.3. The molecule has 1 aliphatic rings. The first kappa shape index (κ1) is 18.7. The van der Waals surface area contributed by atoms with E-state index in [9.17, 15) is 4.79 Å². The van der Waals surface area contributed by atoms with Gasteiger partial charge < -0.3 is 9.57 Å². The fourth-order valence-electron chi connectivity index (χ4n) is 1.70. The van der Waals surface area contributed by atoms with Crippen molar-refractivity contribution in [2.45, 2.75) is 76.2 Å². The smallest absolute Gasteiger partial charge is 0.324 e. The lowest BCUT2D eigenvalue weighted by Gasteiger charge is -2.30. The van der Waals surface area contributed by atoms with Crippen LogP contribution in [0.15, 0.2) is 0 Å². The number of ether oxygens (including phenoxy) is 1. The number of carbonyl (C=O) groups is 1. The highest BCUT2D eigenvalue weighted by Crippen LogP contribution is 2.33. The quantitative estimate of drug-likeness (QED) is 0.451. The second-order valence-electron chi connectivity index (χ2n) is 6.84. The van der Waals surface area contributed by atoms with E-state index in [4.69, 9.17) is 9.57 Å². The van der Waals surface area contributed by atoms with Crippen molar-refractivity contribution in [3.8, 4) is 0 Å². The van der Waals surface area contributed by atoms with Crippen molar-refractivity contribution >= 4 is 17.9 Å². The van der Waals surface area contributed by atoms with E-state index in [1.54, 1.807) is 7.05 Å². The maximum Gasteiger partial charge on any atom is 0.324 e. The molecule has 0 aromatic rings. The summed E-state index contributed by atoms with van der Waals surface area (Å²) in [4.78, 5) is 16.0. The fourth-order valence-corrected chi connectivity index (χ4v) is 2.66. The molecule has 0 saturated heterocycles. The third-order valence-electron chi connectivity index (χ3n) is 3.39. The molecule has 5 nitrogen and oxygen atoms in total. The SMILES string of the molecule is CNOC(=O)CCC(C)(C)OCCC(C)(C)NSC1CC1. The zero-order valence-electron chi connectivity index (χ0n) is 14.0. The second kappa shape index (κ2) is 8.36. The molecule has 1 saturated carbocycles. The summed E-state index contributed by atoms with van der Waals surface area (Å²) in [6, 6.07) is 0. The van der Waals surface area contributed by atoms with Crippen LogP contribution >= 0.6 is 11.9 Å². The van der Waals surface area contributed by atoms with Gasteiger partial charge in [-0.15, -0.1) is 0 Å². The first-order chi connectivity index (χ1) is 9.74. The molecule has 0 atom stereocenters. The van der Waals surface area contributed by atoms with Gasteiger partial charge in [0.05, 0.1) is 5.60 Å². The van der Waals surface area contributed by atoms with Gasteiger partial charge in [-0.2, -0.15) is 5.48 Å². The summed E-state index contributed by atoms with van der Waals surface area (Å²) in [5, 5.41) is 0.805. The van der Waals surface area contributed by atoms with Gasteiger partial charge in [0, 0.05) is 30.9 Å². The highest BCUT2D eigenvalue weighted by Gasteiger charge is 2.27. The molecule has 0 aromatic carbocycles. The molecule has 0 spiro atoms. The highest BCUT2D eigenvalue weighted by atomic mass is 32.2. The molecule has 0 amide bonds. The normalized spacial score (nSPS) is 16.0. The number of hydrogen-bond donors (Lipinski definition) is 2. The zero-order chi connectivity index (χ0) is 15.9. The molecular weight excluding hydrogens is 288 g/mol. The molecule has 0 aliphatic heterocycles. The summed E-state index contributed by atoms with van der Waals surface area (Å²) >= 11 is 1.85. The highest BCUT2D eigenvalue weighted by molar-refractivity contribution is 7.98. The summed E-state index contributed by atoms with van der Waals surface area (Å²) in [6.45, 7) is 9.10. The average Bonchev–Trinajstić information content (AvgIpc) is 3.18. The van der Waals surface area contributed by atoms with Crippen LogP contribution in [0.1, 0.15) is 59.8 Å². The number of rotatable bonds is 11. The van der Waals surface area contributed by atoms with Gasteiger partial charge in [-0.3, -0.25) is 9.52 Å². The summed E-state index contributed by atoms with van der Waals surface area (Å²) in [5.41, 5.74) is 2.14. The molecule has 0 aromatic heterocycles. The van der Waals surface area contributed by atoms with Gasteiger partial charge >= 0.3 is 5.97 Å². The molecule has 0 bridgehead atoms. The standard InChI is InChI=1S/C15H30N2O3S/c1-14(2,17-21-12-6-7-12)10-11-19-15(3,4)9-8-13(18)20-16-5/h12,16-17H,6-11H2,1-5H3. The molecular formula is C15H30N2O3S. The monoisotopic (exact) mass is 318 g/mol. The van der Waals surface area contributed by atoms with Gasteiger partial charge in [0.25, 0.3) is 0 Å². The van der Waals surface area contributed by atoms with Crippen molar-refractivity contribution in [1.82, 2.24) is 10.2 Å². The minimum atomic E-state index is -0.313. The molecule has 1 rings (SSSR count). The van der Waals surface area contributed by atoms with Gasteiger partial charge in [0.15, 0.2) is 0 Å². The van der Waals surface area contributed by atoms with Crippen molar-refractivity contribution in [3.05, 3.63) is 0 Å². The van der Waals surface area contributed by atoms with Gasteiger partial charge in [0.1, 0.15) is 0 Å². The summed E-state index contributed by atoms with van der Waals surface area (Å²) < 4.78 is 9.47. The summed E-state index contributed by atoms with van der Waals surface area (Å²) in [7, 11) is 1.58. The lowest BCUT2D eigenvalue weighted by Crippen LogP contribution is -2.37. The Hall–Kier alpha value is -0.300. The van der Waals surface area contributed by atoms with E-state index in [0.717, 1.165) is 11.7 Å². The molecule has 0 heterocycles. The third-order valence-corrected chi connectivity index (χ3v) is 4.87. The van der Waals surface area contributed by atoms with Crippen LogP contribution in [0.5, 0.6) is 0 Å². The lowest BCUT2D eigenvalue weighted by atomic mass is 10.0. The third kappa shape index (κ3) is 9.34. The Morgan fingerprint density at radius 3 is 2.48 bits per heavy atom. The van der Waals surface area contributed by atoms with Crippen LogP contribution in [0.3, 0.4) is 0 Å². The van der Waals surface area contributed by atoms with Crippen LogP contribution in [0.25, 0.3) is 0 Å². The molecule has 0 radical (unpaired) electrons. The van der Waals surface area contributed by atoms with Crippen molar-refractivity contribution in [1.29, 1.82) is 0 Å². The Balaban J connectivity index is 2.17. The summed E-state index contributed by atoms with van der Waals surface area (Å²) in [6.07, 6.45) is 4.61. The largest absolute Gasteiger partial charge is 0.375 e. The first-order valence-electron chi connectivity index (χ1n) is 7.67. The Morgan fingerprint density at radius 2 is 1.90 bits per heavy atom. The van der Waals surface area contributed by atoms with Crippen LogP contribution in [0, 0.1) is 0 Å². The maximum atomic E-state index is 11.3. The van der Waals surface area contributed by atoms with Gasteiger partial charge in [0.2, 0.25) is 0 Å². The molecule has 1 aliphatic carbocycles. The molecule has 21 heavy (non-hydrogen) atoms. The van der Waals surface area contributed by atoms with Crippen LogP contribution in [0.2, 0.25) is 0 Å². The molecule has 1 fully saturated rings. The summed E-state index contributed by atoms with van der Waals surface area (Å²) in [5.74, 6) is -0.253. The van der Waals surface area contributed by atoms with E-state index in [0.29, 0.717) is 19.4 Å². The molecule has 0 unspecified atom stereocenters. The Bertz CT molecular complexity index is 331. The van der Waals surface area contributed by atoms with E-state index in [1.807, 2.05) is 25.8 Å². The fraction of sp³-hybridized carbons (Fsp3) is 0.933. The minimum Gasteiger partial charge on any atom is -0.375 e. The number of nitrogens with one attached hydrogen (secondary N) is 2. The lowest BCUT2D eigenvalue weighted by molar-refractivity contribution is -0.151. The second-order valence-corrected chi connectivity index (χ2v) is 7.95. The minimum absolute atomic E-state index is 0.0639. The van der Waals surface area contributed by atoms with Crippen LogP contribution in [0.4, 0.5) is 0 Å². The number of hydrogen-bond acceptors (Lipinski definition) is 6. The van der Waals surface area contributed by atoms with E-state index in [-0.39, 0.29) is 17.1 Å².